The molecule has 3 N–H and O–H groups in total. The zero-order chi connectivity index (χ0) is 15.4. The minimum absolute atomic E-state index is 0.366. The molecule has 3 rings (SSSR count). The van der Waals surface area contributed by atoms with Crippen molar-refractivity contribution in [2.24, 2.45) is 4.99 Å². The minimum atomic E-state index is -0.551. The highest BCUT2D eigenvalue weighted by molar-refractivity contribution is 5.81. The summed E-state index contributed by atoms with van der Waals surface area (Å²) in [7, 11) is 0. The largest absolute Gasteiger partial charge is 0.387 e. The molecule has 2 unspecified atom stereocenters. The number of aliphatic hydroxyl groups excluding tert-OH is 1. The molecule has 114 valence electrons. The third-order valence-electron chi connectivity index (χ3n) is 3.77. The average molecular weight is 295 g/mol. The van der Waals surface area contributed by atoms with Crippen molar-refractivity contribution in [3.8, 4) is 11.1 Å². The van der Waals surface area contributed by atoms with Crippen LogP contribution in [-0.4, -0.2) is 30.2 Å². The van der Waals surface area contributed by atoms with Crippen molar-refractivity contribution in [2.45, 2.75) is 19.1 Å². The monoisotopic (exact) mass is 295 g/mol. The third-order valence-corrected chi connectivity index (χ3v) is 3.77. The lowest BCUT2D eigenvalue weighted by atomic mass is 10.0. The van der Waals surface area contributed by atoms with Crippen molar-refractivity contribution < 1.29 is 5.11 Å². The number of benzene rings is 2. The predicted molar refractivity (Wildman–Crippen MR) is 89.7 cm³/mol. The Balaban J connectivity index is 1.60. The molecule has 2 atom stereocenters. The van der Waals surface area contributed by atoms with Crippen LogP contribution in [0.25, 0.3) is 11.1 Å². The SMILES string of the molecule is CC1CN=C(NCC(O)c2ccc(-c3ccccc3)cc2)N1. The van der Waals surface area contributed by atoms with Gasteiger partial charge in [0.25, 0.3) is 0 Å². The first-order valence-corrected chi connectivity index (χ1v) is 7.60. The topological polar surface area (TPSA) is 56.7 Å². The van der Waals surface area contributed by atoms with E-state index in [-0.39, 0.29) is 0 Å². The molecule has 2 aromatic rings. The van der Waals surface area contributed by atoms with Gasteiger partial charge in [-0.2, -0.15) is 0 Å². The summed E-state index contributed by atoms with van der Waals surface area (Å²) in [6.07, 6.45) is -0.551. The summed E-state index contributed by atoms with van der Waals surface area (Å²) in [6.45, 7) is 3.31. The van der Waals surface area contributed by atoms with E-state index in [4.69, 9.17) is 0 Å². The normalized spacial score (nSPS) is 18.5. The van der Waals surface area contributed by atoms with Gasteiger partial charge < -0.3 is 15.7 Å². The number of nitrogens with one attached hydrogen (secondary N) is 2. The Hall–Kier alpha value is -2.33. The predicted octanol–water partition coefficient (Wildman–Crippen LogP) is 2.32. The van der Waals surface area contributed by atoms with Crippen LogP contribution >= 0.6 is 0 Å². The molecule has 4 heteroatoms. The van der Waals surface area contributed by atoms with Crippen molar-refractivity contribution in [2.75, 3.05) is 13.1 Å². The quantitative estimate of drug-likeness (QED) is 0.811. The standard InChI is InChI=1S/C18H21N3O/c1-13-11-19-18(21-13)20-12-17(22)16-9-7-15(8-10-16)14-5-3-2-4-6-14/h2-10,13,17,22H,11-12H2,1H3,(H2,19,20,21). The Morgan fingerprint density at radius 1 is 1.14 bits per heavy atom. The van der Waals surface area contributed by atoms with E-state index in [1.54, 1.807) is 0 Å². The smallest absolute Gasteiger partial charge is 0.191 e. The molecule has 0 saturated carbocycles. The molecule has 0 bridgehead atoms. The number of aliphatic imine (C=N–C) groups is 1. The molecule has 1 aliphatic rings. The fourth-order valence-electron chi connectivity index (χ4n) is 2.50. The molecule has 0 spiro atoms. The maximum Gasteiger partial charge on any atom is 0.191 e. The van der Waals surface area contributed by atoms with Gasteiger partial charge in [-0.15, -0.1) is 0 Å². The Morgan fingerprint density at radius 3 is 2.45 bits per heavy atom. The van der Waals surface area contributed by atoms with E-state index in [0.717, 1.165) is 23.6 Å². The highest BCUT2D eigenvalue weighted by Crippen LogP contribution is 2.21. The lowest BCUT2D eigenvalue weighted by Crippen LogP contribution is -2.39. The van der Waals surface area contributed by atoms with E-state index < -0.39 is 6.10 Å². The van der Waals surface area contributed by atoms with E-state index >= 15 is 0 Å². The second kappa shape index (κ2) is 6.62. The van der Waals surface area contributed by atoms with E-state index in [0.29, 0.717) is 12.6 Å². The minimum Gasteiger partial charge on any atom is -0.387 e. The second-order valence-electron chi connectivity index (χ2n) is 5.62. The molecule has 2 aromatic carbocycles. The zero-order valence-corrected chi connectivity index (χ0v) is 12.7. The maximum atomic E-state index is 10.3. The van der Waals surface area contributed by atoms with Gasteiger partial charge in [0, 0.05) is 12.6 Å². The molecular formula is C18H21N3O. The zero-order valence-electron chi connectivity index (χ0n) is 12.7. The van der Waals surface area contributed by atoms with E-state index in [1.165, 1.54) is 5.56 Å². The number of hydrogen-bond donors (Lipinski definition) is 3. The van der Waals surface area contributed by atoms with Crippen molar-refractivity contribution in [1.29, 1.82) is 0 Å². The number of rotatable bonds is 4. The van der Waals surface area contributed by atoms with Crippen molar-refractivity contribution in [3.63, 3.8) is 0 Å². The van der Waals surface area contributed by atoms with Crippen LogP contribution in [0.5, 0.6) is 0 Å². The van der Waals surface area contributed by atoms with E-state index in [1.807, 2.05) is 42.5 Å². The number of nitrogens with zero attached hydrogens (tertiary/aromatic N) is 1. The van der Waals surface area contributed by atoms with Gasteiger partial charge >= 0.3 is 0 Å². The lowest BCUT2D eigenvalue weighted by Gasteiger charge is -2.14. The van der Waals surface area contributed by atoms with Gasteiger partial charge in [-0.25, -0.2) is 0 Å². The first-order chi connectivity index (χ1) is 10.7. The number of hydrogen-bond acceptors (Lipinski definition) is 4. The van der Waals surface area contributed by atoms with E-state index in [2.05, 4.69) is 34.7 Å². The van der Waals surface area contributed by atoms with Crippen LogP contribution in [0.4, 0.5) is 0 Å². The molecule has 4 nitrogen and oxygen atoms in total. The molecule has 22 heavy (non-hydrogen) atoms. The first-order valence-electron chi connectivity index (χ1n) is 7.60. The number of aliphatic hydroxyl groups is 1. The molecular weight excluding hydrogens is 274 g/mol. The van der Waals surface area contributed by atoms with Crippen LogP contribution in [0.1, 0.15) is 18.6 Å². The fourth-order valence-corrected chi connectivity index (χ4v) is 2.50. The fraction of sp³-hybridized carbons (Fsp3) is 0.278. The molecule has 0 saturated heterocycles. The van der Waals surface area contributed by atoms with Gasteiger partial charge in [0.2, 0.25) is 0 Å². The molecule has 0 fully saturated rings. The van der Waals surface area contributed by atoms with E-state index in [9.17, 15) is 5.11 Å². The van der Waals surface area contributed by atoms with Crippen LogP contribution in [0.15, 0.2) is 59.6 Å². The lowest BCUT2D eigenvalue weighted by molar-refractivity contribution is 0.181. The summed E-state index contributed by atoms with van der Waals surface area (Å²) in [5, 5.41) is 16.6. The average Bonchev–Trinajstić information content (AvgIpc) is 2.99. The van der Waals surface area contributed by atoms with Gasteiger partial charge in [-0.05, 0) is 23.6 Å². The summed E-state index contributed by atoms with van der Waals surface area (Å²) in [4.78, 5) is 4.32. The first kappa shape index (κ1) is 14.6. The number of guanidine groups is 1. The molecule has 0 radical (unpaired) electrons. The van der Waals surface area contributed by atoms with Gasteiger partial charge in [0.05, 0.1) is 12.6 Å². The summed E-state index contributed by atoms with van der Waals surface area (Å²) >= 11 is 0. The Morgan fingerprint density at radius 2 is 1.82 bits per heavy atom. The third kappa shape index (κ3) is 3.46. The van der Waals surface area contributed by atoms with Crippen molar-refractivity contribution in [3.05, 3.63) is 60.2 Å². The molecule has 1 aliphatic heterocycles. The molecule has 0 amide bonds. The van der Waals surface area contributed by atoms with Crippen LogP contribution in [0.2, 0.25) is 0 Å². The Kier molecular flexibility index (Phi) is 4.39. The van der Waals surface area contributed by atoms with Crippen LogP contribution in [-0.2, 0) is 0 Å². The highest BCUT2D eigenvalue weighted by Gasteiger charge is 2.14. The Bertz CT molecular complexity index is 637. The summed E-state index contributed by atoms with van der Waals surface area (Å²) in [5.41, 5.74) is 3.24. The van der Waals surface area contributed by atoms with Crippen molar-refractivity contribution in [1.82, 2.24) is 10.6 Å². The Labute approximate surface area is 130 Å². The maximum absolute atomic E-state index is 10.3. The van der Waals surface area contributed by atoms with Crippen LogP contribution < -0.4 is 10.6 Å². The second-order valence-corrected chi connectivity index (χ2v) is 5.62. The van der Waals surface area contributed by atoms with Gasteiger partial charge in [-0.3, -0.25) is 4.99 Å². The van der Waals surface area contributed by atoms with Gasteiger partial charge in [-0.1, -0.05) is 54.6 Å². The van der Waals surface area contributed by atoms with Gasteiger partial charge in [0.15, 0.2) is 5.96 Å². The summed E-state index contributed by atoms with van der Waals surface area (Å²) < 4.78 is 0. The summed E-state index contributed by atoms with van der Waals surface area (Å²) in [6, 6.07) is 18.6. The van der Waals surface area contributed by atoms with Gasteiger partial charge in [0.1, 0.15) is 0 Å². The molecule has 0 aliphatic carbocycles. The summed E-state index contributed by atoms with van der Waals surface area (Å²) in [5.74, 6) is 0.771. The van der Waals surface area contributed by atoms with Crippen LogP contribution in [0.3, 0.4) is 0 Å². The highest BCUT2D eigenvalue weighted by atomic mass is 16.3. The van der Waals surface area contributed by atoms with Crippen LogP contribution in [0, 0.1) is 0 Å². The molecule has 1 heterocycles. The molecule has 0 aromatic heterocycles. The van der Waals surface area contributed by atoms with Crippen molar-refractivity contribution >= 4 is 5.96 Å².